The van der Waals surface area contributed by atoms with Crippen molar-refractivity contribution in [2.75, 3.05) is 15.9 Å². The van der Waals surface area contributed by atoms with E-state index in [0.717, 1.165) is 35.2 Å². The molecule has 1 saturated carbocycles. The Morgan fingerprint density at radius 3 is 2.41 bits per heavy atom. The highest BCUT2D eigenvalue weighted by atomic mass is 32.2. The second-order valence-corrected chi connectivity index (χ2v) is 9.11. The summed E-state index contributed by atoms with van der Waals surface area (Å²) < 4.78 is 44.9. The maximum atomic E-state index is 13.6. The number of nitrogens with zero attached hydrogens (tertiary/aromatic N) is 1. The van der Waals surface area contributed by atoms with Crippen molar-refractivity contribution in [3.05, 3.63) is 54.3 Å². The van der Waals surface area contributed by atoms with Gasteiger partial charge in [0.1, 0.15) is 17.6 Å². The summed E-state index contributed by atoms with van der Waals surface area (Å²) in [7, 11) is -3.81. The Labute approximate surface area is 170 Å². The minimum absolute atomic E-state index is 0.0930. The van der Waals surface area contributed by atoms with E-state index in [1.807, 2.05) is 0 Å². The quantitative estimate of drug-likeness (QED) is 0.736. The van der Waals surface area contributed by atoms with E-state index in [1.54, 1.807) is 24.3 Å². The Balaban J connectivity index is 1.71. The van der Waals surface area contributed by atoms with Crippen LogP contribution in [-0.4, -0.2) is 32.7 Å². The fraction of sp³-hybridized carbons (Fsp3) is 0.381. The summed E-state index contributed by atoms with van der Waals surface area (Å²) in [6, 6.07) is 11.0. The minimum atomic E-state index is -3.81. The van der Waals surface area contributed by atoms with Gasteiger partial charge in [0, 0.05) is 5.69 Å². The Hall–Kier alpha value is -2.61. The molecule has 1 amide bonds. The van der Waals surface area contributed by atoms with Crippen molar-refractivity contribution in [3.8, 4) is 5.75 Å². The highest BCUT2D eigenvalue weighted by molar-refractivity contribution is 7.92. The number of ether oxygens (including phenoxy) is 1. The van der Waals surface area contributed by atoms with E-state index in [4.69, 9.17) is 4.74 Å². The fourth-order valence-corrected chi connectivity index (χ4v) is 4.65. The highest BCUT2D eigenvalue weighted by Gasteiger charge is 2.29. The van der Waals surface area contributed by atoms with Gasteiger partial charge in [-0.15, -0.1) is 0 Å². The van der Waals surface area contributed by atoms with Crippen LogP contribution in [0.15, 0.2) is 48.5 Å². The molecule has 0 bridgehead atoms. The predicted molar refractivity (Wildman–Crippen MR) is 111 cm³/mol. The second-order valence-electron chi connectivity index (χ2n) is 7.25. The number of hydrogen-bond acceptors (Lipinski definition) is 4. The molecule has 29 heavy (non-hydrogen) atoms. The van der Waals surface area contributed by atoms with Crippen molar-refractivity contribution in [1.82, 2.24) is 0 Å². The van der Waals surface area contributed by atoms with E-state index < -0.39 is 27.8 Å². The summed E-state index contributed by atoms with van der Waals surface area (Å²) in [5.41, 5.74) is 0.615. The standard InChI is InChI=1S/C21H25FN2O4S/c1-15(24(29(2,26)27)18-7-5-6-16(22)14-18)21(25)23-17-10-12-20(13-11-17)28-19-8-3-4-9-19/h5-7,10-15,19H,3-4,8-9H2,1-2H3,(H,23,25). The van der Waals surface area contributed by atoms with Crippen LogP contribution < -0.4 is 14.4 Å². The Morgan fingerprint density at radius 2 is 1.83 bits per heavy atom. The molecular formula is C21H25FN2O4S. The van der Waals surface area contributed by atoms with Crippen LogP contribution in [0.5, 0.6) is 5.75 Å². The van der Waals surface area contributed by atoms with Crippen molar-refractivity contribution >= 4 is 27.3 Å². The van der Waals surface area contributed by atoms with Crippen molar-refractivity contribution in [2.24, 2.45) is 0 Å². The topological polar surface area (TPSA) is 75.7 Å². The van der Waals surface area contributed by atoms with Crippen LogP contribution in [0, 0.1) is 5.82 Å². The van der Waals surface area contributed by atoms with Gasteiger partial charge in [-0.1, -0.05) is 6.07 Å². The summed E-state index contributed by atoms with van der Waals surface area (Å²) in [6.07, 6.45) is 5.69. The average molecular weight is 421 g/mol. The van der Waals surface area contributed by atoms with Crippen LogP contribution in [0.25, 0.3) is 0 Å². The molecule has 8 heteroatoms. The number of nitrogens with one attached hydrogen (secondary N) is 1. The normalized spacial score (nSPS) is 15.7. The number of halogens is 1. The molecule has 1 aliphatic rings. The molecule has 1 atom stereocenters. The zero-order valence-electron chi connectivity index (χ0n) is 16.5. The summed E-state index contributed by atoms with van der Waals surface area (Å²) in [5.74, 6) is -0.369. The molecule has 1 aliphatic carbocycles. The van der Waals surface area contributed by atoms with Crippen molar-refractivity contribution in [3.63, 3.8) is 0 Å². The molecule has 1 unspecified atom stereocenters. The van der Waals surface area contributed by atoms with Gasteiger partial charge in [0.2, 0.25) is 15.9 Å². The average Bonchev–Trinajstić information content (AvgIpc) is 3.15. The maximum Gasteiger partial charge on any atom is 0.247 e. The summed E-state index contributed by atoms with van der Waals surface area (Å²) in [6.45, 7) is 1.46. The van der Waals surface area contributed by atoms with E-state index in [-0.39, 0.29) is 11.8 Å². The molecule has 0 aliphatic heterocycles. The van der Waals surface area contributed by atoms with Gasteiger partial charge in [0.25, 0.3) is 0 Å². The smallest absolute Gasteiger partial charge is 0.247 e. The molecule has 1 fully saturated rings. The number of benzene rings is 2. The number of hydrogen-bond donors (Lipinski definition) is 1. The van der Waals surface area contributed by atoms with E-state index in [1.165, 1.54) is 38.0 Å². The van der Waals surface area contributed by atoms with Crippen LogP contribution >= 0.6 is 0 Å². The van der Waals surface area contributed by atoms with Gasteiger partial charge in [-0.2, -0.15) is 0 Å². The number of carbonyl (C=O) groups is 1. The maximum absolute atomic E-state index is 13.6. The monoisotopic (exact) mass is 420 g/mol. The van der Waals surface area contributed by atoms with E-state index in [0.29, 0.717) is 5.69 Å². The third-order valence-corrected chi connectivity index (χ3v) is 6.12. The predicted octanol–water partition coefficient (Wildman–Crippen LogP) is 3.94. The minimum Gasteiger partial charge on any atom is -0.490 e. The molecule has 6 nitrogen and oxygen atoms in total. The number of rotatable bonds is 7. The third-order valence-electron chi connectivity index (χ3n) is 4.88. The van der Waals surface area contributed by atoms with Crippen molar-refractivity contribution in [2.45, 2.75) is 44.8 Å². The lowest BCUT2D eigenvalue weighted by molar-refractivity contribution is -0.116. The van der Waals surface area contributed by atoms with Gasteiger partial charge in [0.05, 0.1) is 18.0 Å². The molecule has 2 aromatic rings. The van der Waals surface area contributed by atoms with Gasteiger partial charge in [-0.25, -0.2) is 12.8 Å². The zero-order chi connectivity index (χ0) is 21.0. The third kappa shape index (κ3) is 5.47. The second kappa shape index (κ2) is 8.82. The van der Waals surface area contributed by atoms with Crippen LogP contribution in [0.2, 0.25) is 0 Å². The Morgan fingerprint density at radius 1 is 1.17 bits per heavy atom. The molecule has 0 aromatic heterocycles. The first-order valence-corrected chi connectivity index (χ1v) is 11.4. The first-order valence-electron chi connectivity index (χ1n) is 9.56. The van der Waals surface area contributed by atoms with Gasteiger partial charge >= 0.3 is 0 Å². The van der Waals surface area contributed by atoms with Crippen molar-refractivity contribution in [1.29, 1.82) is 0 Å². The number of carbonyl (C=O) groups excluding carboxylic acids is 1. The van der Waals surface area contributed by atoms with Gasteiger partial charge in [0.15, 0.2) is 0 Å². The number of anilines is 2. The number of sulfonamides is 1. The molecule has 0 radical (unpaired) electrons. The number of amides is 1. The van der Waals surface area contributed by atoms with Gasteiger partial charge in [-0.05, 0) is 75.1 Å². The van der Waals surface area contributed by atoms with Gasteiger partial charge < -0.3 is 10.1 Å². The molecule has 156 valence electrons. The van der Waals surface area contributed by atoms with Crippen molar-refractivity contribution < 1.29 is 22.3 Å². The molecule has 2 aromatic carbocycles. The first-order chi connectivity index (χ1) is 13.7. The SMILES string of the molecule is CC(C(=O)Nc1ccc(OC2CCCC2)cc1)N(c1cccc(F)c1)S(C)(=O)=O. The van der Waals surface area contributed by atoms with Crippen LogP contribution in [0.1, 0.15) is 32.6 Å². The molecule has 0 heterocycles. The first kappa shape index (κ1) is 21.1. The summed E-state index contributed by atoms with van der Waals surface area (Å²) in [4.78, 5) is 12.7. The molecular weight excluding hydrogens is 395 g/mol. The lowest BCUT2D eigenvalue weighted by Crippen LogP contribution is -2.45. The zero-order valence-corrected chi connectivity index (χ0v) is 17.3. The summed E-state index contributed by atoms with van der Waals surface area (Å²) in [5, 5.41) is 2.71. The summed E-state index contributed by atoms with van der Waals surface area (Å²) >= 11 is 0. The largest absolute Gasteiger partial charge is 0.490 e. The highest BCUT2D eigenvalue weighted by Crippen LogP contribution is 2.26. The molecule has 1 N–H and O–H groups in total. The molecule has 3 rings (SSSR count). The van der Waals surface area contributed by atoms with Gasteiger partial charge in [-0.3, -0.25) is 9.10 Å². The van der Waals surface area contributed by atoms with Crippen LogP contribution in [0.3, 0.4) is 0 Å². The lowest BCUT2D eigenvalue weighted by atomic mass is 10.2. The van der Waals surface area contributed by atoms with Crippen LogP contribution in [-0.2, 0) is 14.8 Å². The Kier molecular flexibility index (Phi) is 6.42. The van der Waals surface area contributed by atoms with E-state index in [9.17, 15) is 17.6 Å². The molecule has 0 saturated heterocycles. The molecule has 0 spiro atoms. The lowest BCUT2D eigenvalue weighted by Gasteiger charge is -2.28. The van der Waals surface area contributed by atoms with E-state index in [2.05, 4.69) is 5.32 Å². The Bertz CT molecular complexity index is 957. The van der Waals surface area contributed by atoms with Crippen LogP contribution in [0.4, 0.5) is 15.8 Å². The fourth-order valence-electron chi connectivity index (χ4n) is 3.48. The van der Waals surface area contributed by atoms with E-state index >= 15 is 0 Å².